The smallest absolute Gasteiger partial charge is 0.293 e. The van der Waals surface area contributed by atoms with Crippen molar-refractivity contribution in [3.05, 3.63) is 28.3 Å². The number of nitrogens with zero attached hydrogens (tertiary/aromatic N) is 2. The molecule has 0 aromatic heterocycles. The number of rotatable bonds is 6. The quantitative estimate of drug-likeness (QED) is 0.555. The normalized spacial score (nSPS) is 16.7. The van der Waals surface area contributed by atoms with Gasteiger partial charge in [-0.25, -0.2) is 8.42 Å². The Morgan fingerprint density at radius 3 is 2.54 bits per heavy atom. The van der Waals surface area contributed by atoms with Crippen LogP contribution in [0.2, 0.25) is 0 Å². The highest BCUT2D eigenvalue weighted by Gasteiger charge is 2.24. The number of amides is 1. The Kier molecular flexibility index (Phi) is 5.40. The summed E-state index contributed by atoms with van der Waals surface area (Å²) in [4.78, 5) is 23.4. The van der Waals surface area contributed by atoms with Gasteiger partial charge in [-0.05, 0) is 25.0 Å². The minimum absolute atomic E-state index is 0.0110. The zero-order chi connectivity index (χ0) is 17.9. The zero-order valence-corrected chi connectivity index (χ0v) is 14.1. The van der Waals surface area contributed by atoms with Gasteiger partial charge in [0.05, 0.1) is 16.4 Å². The summed E-state index contributed by atoms with van der Waals surface area (Å²) in [6, 6.07) is 3.86. The maximum Gasteiger partial charge on any atom is 0.293 e. The maximum atomic E-state index is 11.5. The van der Waals surface area contributed by atoms with E-state index < -0.39 is 14.8 Å². The first-order valence-electron chi connectivity index (χ1n) is 7.42. The van der Waals surface area contributed by atoms with Crippen molar-refractivity contribution in [3.8, 4) is 0 Å². The molecule has 0 radical (unpaired) electrons. The van der Waals surface area contributed by atoms with Gasteiger partial charge in [0.2, 0.25) is 5.91 Å². The lowest BCUT2D eigenvalue weighted by Gasteiger charge is -2.31. The van der Waals surface area contributed by atoms with Gasteiger partial charge < -0.3 is 11.1 Å². The summed E-state index contributed by atoms with van der Waals surface area (Å²) < 4.78 is 23.1. The van der Waals surface area contributed by atoms with Crippen molar-refractivity contribution in [2.45, 2.75) is 23.8 Å². The van der Waals surface area contributed by atoms with Crippen LogP contribution in [0.4, 0.5) is 11.4 Å². The van der Waals surface area contributed by atoms with Gasteiger partial charge in [-0.3, -0.25) is 19.8 Å². The number of nitro groups is 1. The van der Waals surface area contributed by atoms with Gasteiger partial charge >= 0.3 is 0 Å². The monoisotopic (exact) mass is 356 g/mol. The van der Waals surface area contributed by atoms with E-state index in [9.17, 15) is 23.3 Å². The Morgan fingerprint density at radius 1 is 1.42 bits per heavy atom. The fraction of sp³-hybridized carbons (Fsp3) is 0.500. The number of anilines is 1. The molecule has 0 aliphatic carbocycles. The molecule has 1 amide bonds. The van der Waals surface area contributed by atoms with E-state index >= 15 is 0 Å². The number of benzene rings is 1. The minimum Gasteiger partial charge on any atom is -0.377 e. The molecule has 0 atom stereocenters. The summed E-state index contributed by atoms with van der Waals surface area (Å²) >= 11 is 0. The Hall–Kier alpha value is -2.20. The molecule has 0 unspecified atom stereocenters. The lowest BCUT2D eigenvalue weighted by molar-refractivity contribution is -0.384. The average Bonchev–Trinajstić information content (AvgIpc) is 2.47. The molecule has 1 aliphatic heterocycles. The molecule has 132 valence electrons. The van der Waals surface area contributed by atoms with Gasteiger partial charge in [-0.1, -0.05) is 0 Å². The van der Waals surface area contributed by atoms with Gasteiger partial charge in [0.1, 0.15) is 5.69 Å². The minimum atomic E-state index is -3.51. The zero-order valence-electron chi connectivity index (χ0n) is 13.3. The molecule has 0 saturated carbocycles. The van der Waals surface area contributed by atoms with Crippen molar-refractivity contribution in [2.24, 2.45) is 5.73 Å². The lowest BCUT2D eigenvalue weighted by atomic mass is 10.0. The van der Waals surface area contributed by atoms with Gasteiger partial charge in [-0.2, -0.15) is 0 Å². The highest BCUT2D eigenvalue weighted by atomic mass is 32.2. The number of sulfone groups is 1. The number of carbonyl (C=O) groups is 1. The van der Waals surface area contributed by atoms with Crippen molar-refractivity contribution >= 4 is 27.1 Å². The van der Waals surface area contributed by atoms with E-state index in [0.717, 1.165) is 12.3 Å². The van der Waals surface area contributed by atoms with E-state index in [1.807, 2.05) is 4.90 Å². The van der Waals surface area contributed by atoms with E-state index in [-0.39, 0.29) is 29.1 Å². The largest absolute Gasteiger partial charge is 0.377 e. The Labute approximate surface area is 139 Å². The van der Waals surface area contributed by atoms with Crippen LogP contribution in [0, 0.1) is 10.1 Å². The van der Waals surface area contributed by atoms with Crippen LogP contribution in [-0.4, -0.2) is 56.1 Å². The van der Waals surface area contributed by atoms with E-state index in [4.69, 9.17) is 5.73 Å². The van der Waals surface area contributed by atoms with Crippen molar-refractivity contribution in [3.63, 3.8) is 0 Å². The summed E-state index contributed by atoms with van der Waals surface area (Å²) in [5.74, 6) is -0.381. The SMILES string of the molecule is CS(=O)(=O)c1ccc(NC2CCN(CC(N)=O)CC2)c([N+](=O)[O-])c1. The molecule has 1 heterocycles. The lowest BCUT2D eigenvalue weighted by Crippen LogP contribution is -2.43. The summed E-state index contributed by atoms with van der Waals surface area (Å²) in [5.41, 5.74) is 5.19. The summed E-state index contributed by atoms with van der Waals surface area (Å²) in [7, 11) is -3.51. The van der Waals surface area contributed by atoms with Crippen LogP contribution in [0.1, 0.15) is 12.8 Å². The van der Waals surface area contributed by atoms with E-state index in [1.54, 1.807) is 0 Å². The molecule has 9 nitrogen and oxygen atoms in total. The molecule has 0 spiro atoms. The van der Waals surface area contributed by atoms with Crippen LogP contribution < -0.4 is 11.1 Å². The average molecular weight is 356 g/mol. The topological polar surface area (TPSA) is 136 Å². The van der Waals surface area contributed by atoms with Gasteiger partial charge in [0.25, 0.3) is 5.69 Å². The highest BCUT2D eigenvalue weighted by Crippen LogP contribution is 2.29. The second kappa shape index (κ2) is 7.14. The third-order valence-corrected chi connectivity index (χ3v) is 5.03. The van der Waals surface area contributed by atoms with E-state index in [1.165, 1.54) is 12.1 Å². The van der Waals surface area contributed by atoms with Crippen LogP contribution in [0.15, 0.2) is 23.1 Å². The van der Waals surface area contributed by atoms with Crippen molar-refractivity contribution < 1.29 is 18.1 Å². The van der Waals surface area contributed by atoms with E-state index in [2.05, 4.69) is 5.32 Å². The third-order valence-electron chi connectivity index (χ3n) is 3.92. The van der Waals surface area contributed by atoms with Gasteiger partial charge in [0, 0.05) is 31.5 Å². The number of nitro benzene ring substituents is 1. The molecule has 24 heavy (non-hydrogen) atoms. The Bertz CT molecular complexity index is 742. The number of piperidine rings is 1. The number of primary amides is 1. The molecule has 1 saturated heterocycles. The van der Waals surface area contributed by atoms with Gasteiger partial charge in [-0.15, -0.1) is 0 Å². The number of likely N-dealkylation sites (tertiary alicyclic amines) is 1. The molecule has 10 heteroatoms. The van der Waals surface area contributed by atoms with Crippen LogP contribution >= 0.6 is 0 Å². The summed E-state index contributed by atoms with van der Waals surface area (Å²) in [6.07, 6.45) is 2.42. The van der Waals surface area contributed by atoms with Gasteiger partial charge in [0.15, 0.2) is 9.84 Å². The number of hydrogen-bond donors (Lipinski definition) is 2. The first kappa shape index (κ1) is 18.1. The second-order valence-electron chi connectivity index (χ2n) is 5.87. The third kappa shape index (κ3) is 4.65. The fourth-order valence-corrected chi connectivity index (χ4v) is 3.33. The molecule has 3 N–H and O–H groups in total. The van der Waals surface area contributed by atoms with Crippen LogP contribution in [0.3, 0.4) is 0 Å². The maximum absolute atomic E-state index is 11.5. The molecule has 1 aliphatic rings. The first-order valence-corrected chi connectivity index (χ1v) is 9.31. The van der Waals surface area contributed by atoms with Crippen LogP contribution in [-0.2, 0) is 14.6 Å². The number of hydrogen-bond acceptors (Lipinski definition) is 7. The number of carbonyl (C=O) groups excluding carboxylic acids is 1. The van der Waals surface area contributed by atoms with Crippen molar-refractivity contribution in [2.75, 3.05) is 31.2 Å². The number of nitrogens with one attached hydrogen (secondary N) is 1. The fourth-order valence-electron chi connectivity index (χ4n) is 2.69. The second-order valence-corrected chi connectivity index (χ2v) is 7.89. The molecule has 1 aromatic rings. The molecule has 0 bridgehead atoms. The molecular weight excluding hydrogens is 336 g/mol. The number of nitrogens with two attached hydrogens (primary N) is 1. The Morgan fingerprint density at radius 2 is 2.04 bits per heavy atom. The molecule has 2 rings (SSSR count). The predicted molar refractivity (Wildman–Crippen MR) is 88.5 cm³/mol. The Balaban J connectivity index is 2.10. The molecular formula is C14H20N4O5S. The van der Waals surface area contributed by atoms with Crippen molar-refractivity contribution in [1.82, 2.24) is 4.90 Å². The standard InChI is InChI=1S/C14H20N4O5S/c1-24(22,23)11-2-3-12(13(8-11)18(20)21)16-10-4-6-17(7-5-10)9-14(15)19/h2-3,8,10,16H,4-7,9H2,1H3,(H2,15,19). The molecule has 1 aromatic carbocycles. The highest BCUT2D eigenvalue weighted by molar-refractivity contribution is 7.90. The molecule has 1 fully saturated rings. The van der Waals surface area contributed by atoms with Crippen LogP contribution in [0.5, 0.6) is 0 Å². The summed E-state index contributed by atoms with van der Waals surface area (Å²) in [6.45, 7) is 1.53. The predicted octanol–water partition coefficient (Wildman–Crippen LogP) is 0.360. The summed E-state index contributed by atoms with van der Waals surface area (Å²) in [5, 5.41) is 14.3. The van der Waals surface area contributed by atoms with Crippen LogP contribution in [0.25, 0.3) is 0 Å². The first-order chi connectivity index (χ1) is 11.2. The van der Waals surface area contributed by atoms with E-state index in [0.29, 0.717) is 31.6 Å². The van der Waals surface area contributed by atoms with Crippen molar-refractivity contribution in [1.29, 1.82) is 0 Å².